The molecule has 1 aromatic carbocycles. The van der Waals surface area contributed by atoms with Crippen LogP contribution in [0.1, 0.15) is 13.8 Å². The van der Waals surface area contributed by atoms with Crippen molar-refractivity contribution in [3.63, 3.8) is 0 Å². The average molecular weight is 255 g/mol. The summed E-state index contributed by atoms with van der Waals surface area (Å²) in [6, 6.07) is 3.88. The third kappa shape index (κ3) is 3.43. The van der Waals surface area contributed by atoms with E-state index in [1.54, 1.807) is 0 Å². The van der Waals surface area contributed by atoms with Crippen LogP contribution in [0, 0.1) is 17.7 Å². The highest BCUT2D eigenvalue weighted by molar-refractivity contribution is 5.94. The molecule has 1 rings (SSSR count). The summed E-state index contributed by atoms with van der Waals surface area (Å²) in [7, 11) is 1.44. The Kier molecular flexibility index (Phi) is 5.09. The largest absolute Gasteiger partial charge is 0.495 e. The van der Waals surface area contributed by atoms with Gasteiger partial charge in [0.15, 0.2) is 0 Å². The number of anilines is 1. The molecule has 0 aliphatic rings. The average Bonchev–Trinajstić information content (AvgIpc) is 2.29. The molecule has 0 radical (unpaired) electrons. The molecule has 0 aliphatic heterocycles. The quantitative estimate of drug-likeness (QED) is 0.846. The molecule has 0 fully saturated rings. The van der Waals surface area contributed by atoms with Crippen molar-refractivity contribution in [1.82, 2.24) is 0 Å². The molecule has 0 spiro atoms. The van der Waals surface area contributed by atoms with E-state index < -0.39 is 11.7 Å². The van der Waals surface area contributed by atoms with Crippen molar-refractivity contribution in [1.29, 1.82) is 0 Å². The number of nitrogens with one attached hydrogen (secondary N) is 1. The first-order chi connectivity index (χ1) is 8.49. The van der Waals surface area contributed by atoms with Gasteiger partial charge in [-0.3, -0.25) is 4.79 Å². The molecule has 0 saturated heterocycles. The number of rotatable bonds is 5. The second kappa shape index (κ2) is 6.35. The Hall–Kier alpha value is -1.62. The zero-order valence-electron chi connectivity index (χ0n) is 10.7. The van der Waals surface area contributed by atoms with Gasteiger partial charge in [-0.2, -0.15) is 0 Å². The molecule has 1 unspecified atom stereocenters. The number of halogens is 1. The summed E-state index contributed by atoms with van der Waals surface area (Å²) in [6.07, 6.45) is 0. The van der Waals surface area contributed by atoms with E-state index in [0.717, 1.165) is 0 Å². The highest BCUT2D eigenvalue weighted by atomic mass is 19.1. The van der Waals surface area contributed by atoms with Crippen LogP contribution in [-0.2, 0) is 4.79 Å². The molecule has 100 valence electrons. The third-order valence-corrected chi connectivity index (χ3v) is 2.76. The van der Waals surface area contributed by atoms with Crippen molar-refractivity contribution in [2.45, 2.75) is 13.8 Å². The van der Waals surface area contributed by atoms with Crippen LogP contribution in [0.15, 0.2) is 18.2 Å². The number of carbonyl (C=O) groups excluding carboxylic acids is 1. The maximum absolute atomic E-state index is 13.1. The van der Waals surface area contributed by atoms with Gasteiger partial charge in [0.2, 0.25) is 5.91 Å². The standard InChI is InChI=1S/C13H18FNO3/c1-8(2)10(7-16)13(17)15-11-6-9(14)4-5-12(11)18-3/h4-6,8,10,16H,7H2,1-3H3,(H,15,17). The van der Waals surface area contributed by atoms with Crippen LogP contribution in [0.2, 0.25) is 0 Å². The Labute approximate surface area is 106 Å². The van der Waals surface area contributed by atoms with Crippen LogP contribution < -0.4 is 10.1 Å². The van der Waals surface area contributed by atoms with Gasteiger partial charge >= 0.3 is 0 Å². The van der Waals surface area contributed by atoms with Crippen molar-refractivity contribution >= 4 is 11.6 Å². The maximum Gasteiger partial charge on any atom is 0.230 e. The van der Waals surface area contributed by atoms with Crippen LogP contribution in [0.25, 0.3) is 0 Å². The van der Waals surface area contributed by atoms with Crippen LogP contribution in [-0.4, -0.2) is 24.7 Å². The number of hydrogen-bond donors (Lipinski definition) is 2. The summed E-state index contributed by atoms with van der Waals surface area (Å²) in [5.41, 5.74) is 0.265. The van der Waals surface area contributed by atoms with Gasteiger partial charge in [0.1, 0.15) is 11.6 Å². The molecule has 4 nitrogen and oxygen atoms in total. The molecule has 0 aliphatic carbocycles. The zero-order valence-corrected chi connectivity index (χ0v) is 10.7. The van der Waals surface area contributed by atoms with Gasteiger partial charge in [-0.05, 0) is 18.1 Å². The fourth-order valence-corrected chi connectivity index (χ4v) is 1.60. The van der Waals surface area contributed by atoms with E-state index in [1.165, 1.54) is 25.3 Å². The molecule has 0 saturated carbocycles. The topological polar surface area (TPSA) is 58.6 Å². The van der Waals surface area contributed by atoms with Crippen LogP contribution in [0.3, 0.4) is 0 Å². The van der Waals surface area contributed by atoms with E-state index in [-0.39, 0.29) is 24.1 Å². The minimum atomic E-state index is -0.530. The SMILES string of the molecule is COc1ccc(F)cc1NC(=O)C(CO)C(C)C. The lowest BCUT2D eigenvalue weighted by Gasteiger charge is -2.18. The van der Waals surface area contributed by atoms with Crippen LogP contribution >= 0.6 is 0 Å². The Bertz CT molecular complexity index is 421. The predicted molar refractivity (Wildman–Crippen MR) is 67.0 cm³/mol. The van der Waals surface area contributed by atoms with Gasteiger partial charge in [0.25, 0.3) is 0 Å². The zero-order chi connectivity index (χ0) is 13.7. The van der Waals surface area contributed by atoms with Crippen molar-refractivity contribution in [2.75, 3.05) is 19.0 Å². The second-order valence-corrected chi connectivity index (χ2v) is 4.37. The lowest BCUT2D eigenvalue weighted by molar-refractivity contribution is -0.122. The molecule has 18 heavy (non-hydrogen) atoms. The van der Waals surface area contributed by atoms with Gasteiger partial charge < -0.3 is 15.2 Å². The molecule has 5 heteroatoms. The van der Waals surface area contributed by atoms with E-state index >= 15 is 0 Å². The fraction of sp³-hybridized carbons (Fsp3) is 0.462. The lowest BCUT2D eigenvalue weighted by atomic mass is 9.96. The van der Waals surface area contributed by atoms with Crippen molar-refractivity contribution in [2.24, 2.45) is 11.8 Å². The number of amides is 1. The summed E-state index contributed by atoms with van der Waals surface area (Å²) in [4.78, 5) is 11.9. The van der Waals surface area contributed by atoms with Crippen molar-refractivity contribution in [3.05, 3.63) is 24.0 Å². The number of aliphatic hydroxyl groups excluding tert-OH is 1. The fourth-order valence-electron chi connectivity index (χ4n) is 1.60. The van der Waals surface area contributed by atoms with E-state index in [0.29, 0.717) is 5.75 Å². The maximum atomic E-state index is 13.1. The lowest BCUT2D eigenvalue weighted by Crippen LogP contribution is -2.29. The summed E-state index contributed by atoms with van der Waals surface area (Å²) < 4.78 is 18.2. The first-order valence-electron chi connectivity index (χ1n) is 5.74. The summed E-state index contributed by atoms with van der Waals surface area (Å²) in [5.74, 6) is -0.967. The number of ether oxygens (including phenoxy) is 1. The monoisotopic (exact) mass is 255 g/mol. The first-order valence-corrected chi connectivity index (χ1v) is 5.74. The Morgan fingerprint density at radius 2 is 2.17 bits per heavy atom. The third-order valence-electron chi connectivity index (χ3n) is 2.76. The smallest absolute Gasteiger partial charge is 0.230 e. The van der Waals surface area contributed by atoms with E-state index in [1.807, 2.05) is 13.8 Å². The number of hydrogen-bond acceptors (Lipinski definition) is 3. The normalized spacial score (nSPS) is 12.3. The van der Waals surface area contributed by atoms with Crippen molar-refractivity contribution in [3.8, 4) is 5.75 Å². The Morgan fingerprint density at radius 1 is 1.50 bits per heavy atom. The van der Waals surface area contributed by atoms with E-state index in [2.05, 4.69) is 5.32 Å². The minimum absolute atomic E-state index is 0.00504. The Morgan fingerprint density at radius 3 is 2.67 bits per heavy atom. The van der Waals surface area contributed by atoms with Crippen LogP contribution in [0.4, 0.5) is 10.1 Å². The molecule has 0 bridgehead atoms. The van der Waals surface area contributed by atoms with E-state index in [9.17, 15) is 9.18 Å². The molecular formula is C13H18FNO3. The molecular weight excluding hydrogens is 237 g/mol. The van der Waals surface area contributed by atoms with Crippen molar-refractivity contribution < 1.29 is 19.0 Å². The summed E-state index contributed by atoms with van der Waals surface area (Å²) in [6.45, 7) is 3.42. The molecule has 1 atom stereocenters. The highest BCUT2D eigenvalue weighted by Crippen LogP contribution is 2.26. The van der Waals surface area contributed by atoms with Gasteiger partial charge in [0.05, 0.1) is 25.3 Å². The molecule has 0 aromatic heterocycles. The highest BCUT2D eigenvalue weighted by Gasteiger charge is 2.22. The van der Waals surface area contributed by atoms with E-state index in [4.69, 9.17) is 9.84 Å². The second-order valence-electron chi connectivity index (χ2n) is 4.37. The number of aliphatic hydroxyl groups is 1. The predicted octanol–water partition coefficient (Wildman–Crippen LogP) is 2.04. The molecule has 2 N–H and O–H groups in total. The van der Waals surface area contributed by atoms with Gasteiger partial charge in [-0.15, -0.1) is 0 Å². The van der Waals surface area contributed by atoms with Gasteiger partial charge in [-0.1, -0.05) is 13.8 Å². The minimum Gasteiger partial charge on any atom is -0.495 e. The molecule has 0 heterocycles. The molecule has 1 aromatic rings. The Balaban J connectivity index is 2.89. The van der Waals surface area contributed by atoms with Crippen LogP contribution in [0.5, 0.6) is 5.75 Å². The first kappa shape index (κ1) is 14.4. The summed E-state index contributed by atoms with van der Waals surface area (Å²) in [5, 5.41) is 11.7. The number of methoxy groups -OCH3 is 1. The number of carbonyl (C=O) groups is 1. The van der Waals surface area contributed by atoms with Gasteiger partial charge in [-0.25, -0.2) is 4.39 Å². The summed E-state index contributed by atoms with van der Waals surface area (Å²) >= 11 is 0. The number of benzene rings is 1. The molecule has 1 amide bonds. The van der Waals surface area contributed by atoms with Gasteiger partial charge in [0, 0.05) is 6.07 Å².